The summed E-state index contributed by atoms with van der Waals surface area (Å²) in [6.45, 7) is 7.01. The molecule has 0 bridgehead atoms. The van der Waals surface area contributed by atoms with Gasteiger partial charge in [0.05, 0.1) is 23.7 Å². The second-order valence-electron chi connectivity index (χ2n) is 7.46. The molecule has 0 aliphatic heterocycles. The molecule has 2 unspecified atom stereocenters. The molecule has 22 heavy (non-hydrogen) atoms. The second kappa shape index (κ2) is 5.41. The van der Waals surface area contributed by atoms with Crippen molar-refractivity contribution in [2.24, 2.45) is 11.3 Å². The molecule has 1 N–H and O–H groups in total. The van der Waals surface area contributed by atoms with Crippen LogP contribution in [0.25, 0.3) is 11.0 Å². The summed E-state index contributed by atoms with van der Waals surface area (Å²) >= 11 is 0. The molecular formula is C18H24N2O2. The number of imidazole rings is 1. The average molecular weight is 300 g/mol. The Morgan fingerprint density at radius 2 is 2.14 bits per heavy atom. The first-order valence-corrected chi connectivity index (χ1v) is 7.96. The number of aromatic nitrogens is 2. The Bertz CT molecular complexity index is 702. The zero-order valence-electron chi connectivity index (χ0n) is 13.8. The monoisotopic (exact) mass is 300 g/mol. The molecule has 4 nitrogen and oxygen atoms in total. The van der Waals surface area contributed by atoms with Gasteiger partial charge in [0.1, 0.15) is 5.82 Å². The van der Waals surface area contributed by atoms with E-state index in [1.807, 2.05) is 12.1 Å². The molecule has 1 saturated carbocycles. The second-order valence-corrected chi connectivity index (χ2v) is 7.46. The van der Waals surface area contributed by atoms with E-state index < -0.39 is 0 Å². The van der Waals surface area contributed by atoms with Crippen LogP contribution >= 0.6 is 0 Å². The minimum atomic E-state index is -0.314. The minimum Gasteiger partial charge on any atom is -0.465 e. The van der Waals surface area contributed by atoms with Gasteiger partial charge in [-0.15, -0.1) is 0 Å². The lowest BCUT2D eigenvalue weighted by atomic mass is 9.68. The summed E-state index contributed by atoms with van der Waals surface area (Å²) in [5.41, 5.74) is 2.74. The van der Waals surface area contributed by atoms with Gasteiger partial charge in [-0.1, -0.05) is 20.8 Å². The molecule has 2 aromatic rings. The summed E-state index contributed by atoms with van der Waals surface area (Å²) in [7, 11) is 1.40. The standard InChI is InChI=1S/C18H24N2O2/c1-11-7-13(10-18(2,3)9-11)16-19-14-6-5-12(17(21)22-4)8-15(14)20-16/h5-6,8,11,13H,7,9-10H2,1-4H3,(H,19,20). The normalized spacial score (nSPS) is 24.4. The largest absolute Gasteiger partial charge is 0.465 e. The van der Waals surface area contributed by atoms with E-state index in [1.54, 1.807) is 6.07 Å². The zero-order chi connectivity index (χ0) is 15.9. The molecule has 1 aliphatic carbocycles. The molecule has 0 radical (unpaired) electrons. The van der Waals surface area contributed by atoms with E-state index in [0.717, 1.165) is 23.3 Å². The van der Waals surface area contributed by atoms with Crippen LogP contribution in [-0.2, 0) is 4.74 Å². The fourth-order valence-electron chi connectivity index (χ4n) is 4.02. The molecule has 4 heteroatoms. The number of ether oxygens (including phenoxy) is 1. The van der Waals surface area contributed by atoms with Gasteiger partial charge in [0.2, 0.25) is 0 Å². The SMILES string of the molecule is COC(=O)c1ccc2nc(C3CC(C)CC(C)(C)C3)[nH]c2c1. The predicted octanol–water partition coefficient (Wildman–Crippen LogP) is 4.28. The minimum absolute atomic E-state index is 0.314. The van der Waals surface area contributed by atoms with E-state index in [-0.39, 0.29) is 5.97 Å². The van der Waals surface area contributed by atoms with Gasteiger partial charge in [-0.2, -0.15) is 0 Å². The molecule has 1 aliphatic rings. The number of methoxy groups -OCH3 is 1. The van der Waals surface area contributed by atoms with E-state index in [9.17, 15) is 4.79 Å². The number of hydrogen-bond donors (Lipinski definition) is 1. The highest BCUT2D eigenvalue weighted by Crippen LogP contribution is 2.45. The fraction of sp³-hybridized carbons (Fsp3) is 0.556. The molecule has 1 fully saturated rings. The number of carbonyl (C=O) groups is 1. The van der Waals surface area contributed by atoms with Gasteiger partial charge in [-0.05, 0) is 48.8 Å². The van der Waals surface area contributed by atoms with Crippen LogP contribution in [0, 0.1) is 11.3 Å². The third kappa shape index (κ3) is 2.87. The van der Waals surface area contributed by atoms with Crippen LogP contribution < -0.4 is 0 Å². The first-order valence-electron chi connectivity index (χ1n) is 7.96. The summed E-state index contributed by atoms with van der Waals surface area (Å²) < 4.78 is 4.78. The highest BCUT2D eigenvalue weighted by atomic mass is 16.5. The first kappa shape index (κ1) is 15.1. The van der Waals surface area contributed by atoms with Crippen molar-refractivity contribution >= 4 is 17.0 Å². The fourth-order valence-corrected chi connectivity index (χ4v) is 4.02. The molecule has 1 aromatic carbocycles. The van der Waals surface area contributed by atoms with Gasteiger partial charge in [0.25, 0.3) is 0 Å². The van der Waals surface area contributed by atoms with E-state index in [0.29, 0.717) is 22.8 Å². The molecule has 1 aromatic heterocycles. The van der Waals surface area contributed by atoms with Crippen LogP contribution in [0.15, 0.2) is 18.2 Å². The number of nitrogens with one attached hydrogen (secondary N) is 1. The molecule has 0 saturated heterocycles. The molecular weight excluding hydrogens is 276 g/mol. The van der Waals surface area contributed by atoms with Crippen LogP contribution in [0.4, 0.5) is 0 Å². The smallest absolute Gasteiger partial charge is 0.337 e. The molecule has 2 atom stereocenters. The van der Waals surface area contributed by atoms with Crippen molar-refractivity contribution in [3.8, 4) is 0 Å². The summed E-state index contributed by atoms with van der Waals surface area (Å²) in [6, 6.07) is 5.49. The van der Waals surface area contributed by atoms with Gasteiger partial charge < -0.3 is 9.72 Å². The van der Waals surface area contributed by atoms with Crippen LogP contribution in [0.1, 0.15) is 62.1 Å². The highest BCUT2D eigenvalue weighted by Gasteiger charge is 2.34. The number of fused-ring (bicyclic) bond motifs is 1. The third-order valence-electron chi connectivity index (χ3n) is 4.69. The molecule has 3 rings (SSSR count). The van der Waals surface area contributed by atoms with Crippen molar-refractivity contribution in [1.82, 2.24) is 9.97 Å². The molecule has 0 spiro atoms. The summed E-state index contributed by atoms with van der Waals surface area (Å²) in [5.74, 6) is 1.92. The Labute approximate surface area is 131 Å². The predicted molar refractivity (Wildman–Crippen MR) is 87.0 cm³/mol. The maximum absolute atomic E-state index is 11.6. The highest BCUT2D eigenvalue weighted by molar-refractivity contribution is 5.93. The van der Waals surface area contributed by atoms with Gasteiger partial charge in [0.15, 0.2) is 0 Å². The summed E-state index contributed by atoms with van der Waals surface area (Å²) in [5, 5.41) is 0. The van der Waals surface area contributed by atoms with Crippen LogP contribution in [-0.4, -0.2) is 23.0 Å². The Kier molecular flexibility index (Phi) is 3.71. The maximum atomic E-state index is 11.6. The van der Waals surface area contributed by atoms with E-state index in [4.69, 9.17) is 9.72 Å². The van der Waals surface area contributed by atoms with Crippen molar-refractivity contribution in [3.05, 3.63) is 29.6 Å². The van der Waals surface area contributed by atoms with Crippen LogP contribution in [0.2, 0.25) is 0 Å². The number of aromatic amines is 1. The Morgan fingerprint density at radius 1 is 1.36 bits per heavy atom. The lowest BCUT2D eigenvalue weighted by molar-refractivity contribution is 0.0601. The van der Waals surface area contributed by atoms with Crippen molar-refractivity contribution in [1.29, 1.82) is 0 Å². The first-order chi connectivity index (χ1) is 10.4. The number of esters is 1. The van der Waals surface area contributed by atoms with Gasteiger partial charge in [-0.25, -0.2) is 9.78 Å². The number of benzene rings is 1. The number of rotatable bonds is 2. The lowest BCUT2D eigenvalue weighted by Crippen LogP contribution is -2.27. The van der Waals surface area contributed by atoms with E-state index in [2.05, 4.69) is 25.8 Å². The van der Waals surface area contributed by atoms with Gasteiger partial charge in [-0.3, -0.25) is 0 Å². The van der Waals surface area contributed by atoms with E-state index in [1.165, 1.54) is 20.0 Å². The van der Waals surface area contributed by atoms with Crippen molar-refractivity contribution in [2.45, 2.75) is 46.0 Å². The third-order valence-corrected chi connectivity index (χ3v) is 4.69. The number of H-pyrrole nitrogens is 1. The van der Waals surface area contributed by atoms with Gasteiger partial charge in [0, 0.05) is 5.92 Å². The van der Waals surface area contributed by atoms with Crippen molar-refractivity contribution in [2.75, 3.05) is 7.11 Å². The topological polar surface area (TPSA) is 55.0 Å². The molecule has 118 valence electrons. The van der Waals surface area contributed by atoms with E-state index >= 15 is 0 Å². The Morgan fingerprint density at radius 3 is 2.82 bits per heavy atom. The molecule has 1 heterocycles. The van der Waals surface area contributed by atoms with Crippen LogP contribution in [0.3, 0.4) is 0 Å². The summed E-state index contributed by atoms with van der Waals surface area (Å²) in [4.78, 5) is 19.8. The summed E-state index contributed by atoms with van der Waals surface area (Å²) in [6.07, 6.45) is 3.60. The van der Waals surface area contributed by atoms with Gasteiger partial charge >= 0.3 is 5.97 Å². The van der Waals surface area contributed by atoms with Crippen molar-refractivity contribution in [3.63, 3.8) is 0 Å². The lowest BCUT2D eigenvalue weighted by Gasteiger charge is -2.38. The zero-order valence-corrected chi connectivity index (χ0v) is 13.8. The maximum Gasteiger partial charge on any atom is 0.337 e. The average Bonchev–Trinajstić information content (AvgIpc) is 2.87. The molecule has 0 amide bonds. The van der Waals surface area contributed by atoms with Crippen molar-refractivity contribution < 1.29 is 9.53 Å². The van der Waals surface area contributed by atoms with Crippen LogP contribution in [0.5, 0.6) is 0 Å². The Hall–Kier alpha value is -1.84. The number of hydrogen-bond acceptors (Lipinski definition) is 3. The number of carbonyl (C=O) groups excluding carboxylic acids is 1. The number of nitrogens with zero attached hydrogens (tertiary/aromatic N) is 1. The Balaban J connectivity index is 1.93. The quantitative estimate of drug-likeness (QED) is 0.842.